The second-order valence-electron chi connectivity index (χ2n) is 13.9. The lowest BCUT2D eigenvalue weighted by molar-refractivity contribution is -0.261. The Morgan fingerprint density at radius 2 is 1.77 bits per heavy atom. The number of nitrogens with zero attached hydrogens (tertiary/aromatic N) is 5. The molecule has 1 unspecified atom stereocenters. The molecular weight excluding hydrogens is 623 g/mol. The van der Waals surface area contributed by atoms with Crippen LogP contribution >= 0.6 is 11.6 Å². The van der Waals surface area contributed by atoms with E-state index >= 15 is 0 Å². The van der Waals surface area contributed by atoms with E-state index in [1.807, 2.05) is 18.2 Å². The summed E-state index contributed by atoms with van der Waals surface area (Å²) in [5.41, 5.74) is 1.53. The zero-order valence-electron chi connectivity index (χ0n) is 28.1. The Morgan fingerprint density at radius 3 is 2.40 bits per heavy atom. The molecule has 10 nitrogen and oxygen atoms in total. The summed E-state index contributed by atoms with van der Waals surface area (Å²) in [6.45, 7) is 13.9. The minimum Gasteiger partial charge on any atom is -0.466 e. The number of piperazine rings is 1. The van der Waals surface area contributed by atoms with Crippen LogP contribution in [-0.2, 0) is 14.3 Å². The number of aliphatic imine (C=N–C) groups is 1. The zero-order chi connectivity index (χ0) is 33.8. The van der Waals surface area contributed by atoms with E-state index in [4.69, 9.17) is 26.1 Å². The average Bonchev–Trinajstić information content (AvgIpc) is 3.04. The van der Waals surface area contributed by atoms with E-state index in [0.29, 0.717) is 34.9 Å². The fourth-order valence-electron chi connectivity index (χ4n) is 7.03. The Kier molecular flexibility index (Phi) is 11.4. The molecule has 3 aliphatic rings. The highest BCUT2D eigenvalue weighted by Gasteiger charge is 2.45. The zero-order valence-corrected chi connectivity index (χ0v) is 28.9. The summed E-state index contributed by atoms with van der Waals surface area (Å²) in [6.07, 6.45) is 5.49. The maximum absolute atomic E-state index is 14.0. The van der Waals surface area contributed by atoms with Gasteiger partial charge in [0.15, 0.2) is 5.84 Å². The molecule has 47 heavy (non-hydrogen) atoms. The van der Waals surface area contributed by atoms with Gasteiger partial charge >= 0.3 is 5.97 Å². The second-order valence-corrected chi connectivity index (χ2v) is 14.3. The monoisotopic (exact) mass is 670 g/mol. The summed E-state index contributed by atoms with van der Waals surface area (Å²) >= 11 is 6.50. The molecule has 0 aliphatic carbocycles. The van der Waals surface area contributed by atoms with Crippen LogP contribution in [-0.4, -0.2) is 107 Å². The number of unbranched alkanes of at least 4 members (excludes halogenated alkanes) is 1. The number of hydrogen-bond acceptors (Lipinski definition) is 10. The van der Waals surface area contributed by atoms with Gasteiger partial charge in [-0.1, -0.05) is 23.7 Å². The molecule has 1 atom stereocenters. The molecule has 0 bridgehead atoms. The molecule has 2 aromatic rings. The van der Waals surface area contributed by atoms with E-state index in [9.17, 15) is 14.4 Å². The fourth-order valence-corrected chi connectivity index (χ4v) is 7.30. The quantitative estimate of drug-likeness (QED) is 0.246. The molecule has 4 heterocycles. The van der Waals surface area contributed by atoms with E-state index in [-0.39, 0.29) is 22.2 Å². The smallest absolute Gasteiger partial charge is 0.338 e. The van der Waals surface area contributed by atoms with E-state index in [2.05, 4.69) is 47.8 Å². The molecule has 0 radical (unpaired) electrons. The highest BCUT2D eigenvalue weighted by Crippen LogP contribution is 2.38. The number of benzene rings is 1. The molecule has 0 amide bonds. The van der Waals surface area contributed by atoms with Gasteiger partial charge in [0.25, 0.3) is 0 Å². The standard InChI is InChI=1S/C35H48ClFN6O4/c1-34(2)21-25(22-35(3,4)43(34)45)47-19-9-8-14-41-15-17-42(18-16-41)23-29-30(33(44)46-5)31(26-12-11-24(37)20-27(26)36)40-32(39-29)28-10-6-7-13-38-28/h6-7,10-13,20,25,31,45H,8-9,14-19,21-23H2,1-5H3,(H,39,40). The van der Waals surface area contributed by atoms with Gasteiger partial charge in [0.05, 0.1) is 18.8 Å². The van der Waals surface area contributed by atoms with Crippen molar-refractivity contribution in [3.05, 3.63) is 76.0 Å². The number of rotatable bonds is 11. The molecule has 256 valence electrons. The molecule has 2 N–H and O–H groups in total. The molecule has 12 heteroatoms. The van der Waals surface area contributed by atoms with Crippen molar-refractivity contribution in [2.45, 2.75) is 76.6 Å². The summed E-state index contributed by atoms with van der Waals surface area (Å²) in [6, 6.07) is 8.87. The number of hydrogen-bond donors (Lipinski definition) is 2. The summed E-state index contributed by atoms with van der Waals surface area (Å²) in [7, 11) is 1.34. The van der Waals surface area contributed by atoms with Gasteiger partial charge in [-0.25, -0.2) is 9.18 Å². The van der Waals surface area contributed by atoms with Crippen LogP contribution in [0.2, 0.25) is 5.02 Å². The molecule has 0 spiro atoms. The lowest BCUT2D eigenvalue weighted by atomic mass is 9.80. The van der Waals surface area contributed by atoms with Gasteiger partial charge in [0.2, 0.25) is 0 Å². The van der Waals surface area contributed by atoms with Crippen molar-refractivity contribution in [1.82, 2.24) is 25.2 Å². The lowest BCUT2D eigenvalue weighted by Gasteiger charge is -2.51. The number of ether oxygens (including phenoxy) is 2. The minimum absolute atomic E-state index is 0.145. The van der Waals surface area contributed by atoms with Gasteiger partial charge in [-0.3, -0.25) is 14.9 Å². The van der Waals surface area contributed by atoms with Gasteiger partial charge in [0, 0.05) is 72.9 Å². The van der Waals surface area contributed by atoms with Crippen LogP contribution in [0.4, 0.5) is 4.39 Å². The largest absolute Gasteiger partial charge is 0.466 e. The van der Waals surface area contributed by atoms with Crippen molar-refractivity contribution < 1.29 is 23.9 Å². The Hall–Kier alpha value is -2.93. The number of piperidine rings is 1. The Balaban J connectivity index is 1.19. The minimum atomic E-state index is -0.791. The van der Waals surface area contributed by atoms with Crippen molar-refractivity contribution >= 4 is 23.4 Å². The fraction of sp³-hybridized carbons (Fsp3) is 0.571. The third kappa shape index (κ3) is 8.57. The van der Waals surface area contributed by atoms with Crippen molar-refractivity contribution in [1.29, 1.82) is 0 Å². The number of carbonyl (C=O) groups excluding carboxylic acids is 1. The number of nitrogens with one attached hydrogen (secondary N) is 1. The van der Waals surface area contributed by atoms with Crippen LogP contribution in [0.25, 0.3) is 0 Å². The molecule has 2 fully saturated rings. The number of esters is 1. The first-order chi connectivity index (χ1) is 22.4. The number of pyridine rings is 1. The van der Waals surface area contributed by atoms with Gasteiger partial charge in [-0.15, -0.1) is 0 Å². The van der Waals surface area contributed by atoms with Crippen LogP contribution in [0.1, 0.15) is 70.7 Å². The van der Waals surface area contributed by atoms with Crippen molar-refractivity contribution in [2.75, 3.05) is 53.0 Å². The first kappa shape index (κ1) is 35.4. The Labute approximate surface area is 282 Å². The van der Waals surface area contributed by atoms with Gasteiger partial charge in [-0.2, -0.15) is 5.06 Å². The lowest BCUT2D eigenvalue weighted by Crippen LogP contribution is -2.60. The van der Waals surface area contributed by atoms with Crippen LogP contribution in [0.5, 0.6) is 0 Å². The molecule has 1 aromatic heterocycles. The molecule has 3 aliphatic heterocycles. The Morgan fingerprint density at radius 1 is 1.06 bits per heavy atom. The summed E-state index contributed by atoms with van der Waals surface area (Å²) < 4.78 is 25.5. The summed E-state index contributed by atoms with van der Waals surface area (Å²) in [4.78, 5) is 27.3. The van der Waals surface area contributed by atoms with Crippen LogP contribution in [0.15, 0.2) is 58.9 Å². The third-order valence-electron chi connectivity index (χ3n) is 9.37. The molecule has 0 saturated carbocycles. The number of aromatic nitrogens is 1. The van der Waals surface area contributed by atoms with Crippen molar-refractivity contribution in [2.24, 2.45) is 4.99 Å². The van der Waals surface area contributed by atoms with Crippen LogP contribution in [0.3, 0.4) is 0 Å². The second kappa shape index (κ2) is 15.1. The molecular formula is C35H48ClFN6O4. The topological polar surface area (TPSA) is 103 Å². The molecule has 2 saturated heterocycles. The highest BCUT2D eigenvalue weighted by atomic mass is 35.5. The number of amidine groups is 1. The predicted octanol–water partition coefficient (Wildman–Crippen LogP) is 5.22. The summed E-state index contributed by atoms with van der Waals surface area (Å²) in [5.74, 6) is -0.475. The van der Waals surface area contributed by atoms with Gasteiger partial charge in [0.1, 0.15) is 17.6 Å². The van der Waals surface area contributed by atoms with Crippen LogP contribution < -0.4 is 5.32 Å². The first-order valence-electron chi connectivity index (χ1n) is 16.5. The molecule has 5 rings (SSSR count). The highest BCUT2D eigenvalue weighted by molar-refractivity contribution is 6.31. The van der Waals surface area contributed by atoms with Crippen molar-refractivity contribution in [3.8, 4) is 0 Å². The normalized spacial score (nSPS) is 22.6. The molecule has 1 aromatic carbocycles. The number of methoxy groups -OCH3 is 1. The summed E-state index contributed by atoms with van der Waals surface area (Å²) in [5, 5.41) is 15.6. The van der Waals surface area contributed by atoms with E-state index in [0.717, 1.165) is 65.0 Å². The van der Waals surface area contributed by atoms with E-state index in [1.165, 1.54) is 24.3 Å². The Bertz CT molecular complexity index is 1440. The number of hydroxylamine groups is 2. The number of halogens is 2. The van der Waals surface area contributed by atoms with Gasteiger partial charge < -0.3 is 24.9 Å². The maximum Gasteiger partial charge on any atom is 0.338 e. The maximum atomic E-state index is 14.0. The van der Waals surface area contributed by atoms with E-state index in [1.54, 1.807) is 12.3 Å². The van der Waals surface area contributed by atoms with Crippen LogP contribution in [0, 0.1) is 5.82 Å². The number of carbonyl (C=O) groups is 1. The van der Waals surface area contributed by atoms with E-state index < -0.39 is 17.8 Å². The van der Waals surface area contributed by atoms with Crippen molar-refractivity contribution in [3.63, 3.8) is 0 Å². The third-order valence-corrected chi connectivity index (χ3v) is 9.69. The average molecular weight is 671 g/mol. The SMILES string of the molecule is COC(=O)C1=C(CN2CCN(CCCCOC3CC(C)(C)N(O)C(C)(C)C3)CC2)NC(c2ccccn2)=NC1c1ccc(F)cc1Cl. The first-order valence-corrected chi connectivity index (χ1v) is 16.8. The predicted molar refractivity (Wildman–Crippen MR) is 180 cm³/mol. The van der Waals surface area contributed by atoms with Gasteiger partial charge in [-0.05, 0) is 84.2 Å².